The van der Waals surface area contributed by atoms with E-state index in [9.17, 15) is 9.90 Å². The zero-order valence-electron chi connectivity index (χ0n) is 12.0. The number of amides is 1. The third-order valence-electron chi connectivity index (χ3n) is 3.85. The van der Waals surface area contributed by atoms with Gasteiger partial charge in [0.2, 0.25) is 0 Å². The molecule has 2 rings (SSSR count). The number of hydrogen-bond acceptors (Lipinski definition) is 2. The van der Waals surface area contributed by atoms with E-state index < -0.39 is 0 Å². The lowest BCUT2D eigenvalue weighted by atomic mass is 9.86. The predicted octanol–water partition coefficient (Wildman–Crippen LogP) is 2.58. The second-order valence-corrected chi connectivity index (χ2v) is 6.30. The van der Waals surface area contributed by atoms with Gasteiger partial charge in [-0.15, -0.1) is 0 Å². The summed E-state index contributed by atoms with van der Waals surface area (Å²) in [6, 6.07) is 7.84. The summed E-state index contributed by atoms with van der Waals surface area (Å²) in [6.07, 6.45) is 1.89. The number of nitrogens with zero attached hydrogens (tertiary/aromatic N) is 1. The van der Waals surface area contributed by atoms with Crippen LogP contribution in [0.15, 0.2) is 24.3 Å². The van der Waals surface area contributed by atoms with Crippen LogP contribution in [-0.4, -0.2) is 35.1 Å². The van der Waals surface area contributed by atoms with Crippen molar-refractivity contribution in [3.8, 4) is 0 Å². The molecule has 0 unspecified atom stereocenters. The molecule has 1 amide bonds. The Kier molecular flexibility index (Phi) is 3.95. The van der Waals surface area contributed by atoms with E-state index in [0.717, 1.165) is 19.4 Å². The van der Waals surface area contributed by atoms with Crippen molar-refractivity contribution >= 4 is 5.91 Å². The minimum absolute atomic E-state index is 0.00482. The van der Waals surface area contributed by atoms with Gasteiger partial charge in [0, 0.05) is 12.1 Å². The average Bonchev–Trinajstić information content (AvgIpc) is 2.85. The van der Waals surface area contributed by atoms with Gasteiger partial charge in [0.05, 0.1) is 12.6 Å². The molecule has 3 nitrogen and oxygen atoms in total. The average molecular weight is 261 g/mol. The molecule has 0 saturated carbocycles. The van der Waals surface area contributed by atoms with Crippen LogP contribution in [0.4, 0.5) is 0 Å². The number of rotatable bonds is 2. The molecule has 1 heterocycles. The normalized spacial score (nSPS) is 19.8. The summed E-state index contributed by atoms with van der Waals surface area (Å²) >= 11 is 0. The highest BCUT2D eigenvalue weighted by atomic mass is 16.3. The van der Waals surface area contributed by atoms with Crippen molar-refractivity contribution in [1.82, 2.24) is 4.90 Å². The predicted molar refractivity (Wildman–Crippen MR) is 76.3 cm³/mol. The monoisotopic (exact) mass is 261 g/mol. The quantitative estimate of drug-likeness (QED) is 0.889. The second-order valence-electron chi connectivity index (χ2n) is 6.30. The summed E-state index contributed by atoms with van der Waals surface area (Å²) in [7, 11) is 0. The van der Waals surface area contributed by atoms with E-state index in [4.69, 9.17) is 0 Å². The maximum absolute atomic E-state index is 12.4. The molecule has 1 saturated heterocycles. The molecular formula is C16H23NO2. The summed E-state index contributed by atoms with van der Waals surface area (Å²) in [5.74, 6) is 0.0389. The molecule has 1 N–H and O–H groups in total. The molecule has 1 fully saturated rings. The summed E-state index contributed by atoms with van der Waals surface area (Å²) in [5.41, 5.74) is 2.04. The van der Waals surface area contributed by atoms with Crippen LogP contribution in [0.5, 0.6) is 0 Å². The summed E-state index contributed by atoms with van der Waals surface area (Å²) in [5, 5.41) is 9.29. The van der Waals surface area contributed by atoms with Crippen LogP contribution in [0, 0.1) is 0 Å². The molecule has 1 aliphatic heterocycles. The number of aliphatic hydroxyl groups excluding tert-OH is 1. The van der Waals surface area contributed by atoms with E-state index in [1.165, 1.54) is 5.56 Å². The van der Waals surface area contributed by atoms with Gasteiger partial charge in [-0.25, -0.2) is 0 Å². The lowest BCUT2D eigenvalue weighted by Crippen LogP contribution is -2.37. The van der Waals surface area contributed by atoms with E-state index in [1.807, 2.05) is 24.3 Å². The largest absolute Gasteiger partial charge is 0.394 e. The number of likely N-dealkylation sites (tertiary alicyclic amines) is 1. The SMILES string of the molecule is CC(C)(C)c1ccc(C(=O)N2CCC[C@H]2CO)cc1. The van der Waals surface area contributed by atoms with Crippen molar-refractivity contribution in [2.45, 2.75) is 45.1 Å². The van der Waals surface area contributed by atoms with Crippen LogP contribution in [0.3, 0.4) is 0 Å². The van der Waals surface area contributed by atoms with Gasteiger partial charge in [0.25, 0.3) is 5.91 Å². The van der Waals surface area contributed by atoms with Crippen molar-refractivity contribution in [3.05, 3.63) is 35.4 Å². The third kappa shape index (κ3) is 2.98. The van der Waals surface area contributed by atoms with Gasteiger partial charge >= 0.3 is 0 Å². The van der Waals surface area contributed by atoms with Gasteiger partial charge in [0.1, 0.15) is 0 Å². The topological polar surface area (TPSA) is 40.5 Å². The van der Waals surface area contributed by atoms with E-state index in [2.05, 4.69) is 20.8 Å². The van der Waals surface area contributed by atoms with Gasteiger partial charge in [-0.2, -0.15) is 0 Å². The Morgan fingerprint density at radius 3 is 2.47 bits per heavy atom. The Hall–Kier alpha value is -1.35. The van der Waals surface area contributed by atoms with Gasteiger partial charge in [-0.1, -0.05) is 32.9 Å². The van der Waals surface area contributed by atoms with E-state index in [0.29, 0.717) is 5.56 Å². The zero-order chi connectivity index (χ0) is 14.0. The summed E-state index contributed by atoms with van der Waals surface area (Å²) in [6.45, 7) is 7.29. The lowest BCUT2D eigenvalue weighted by molar-refractivity contribution is 0.0677. The minimum Gasteiger partial charge on any atom is -0.394 e. The fourth-order valence-electron chi connectivity index (χ4n) is 2.57. The van der Waals surface area contributed by atoms with Crippen LogP contribution < -0.4 is 0 Å². The molecule has 0 radical (unpaired) electrons. The maximum atomic E-state index is 12.4. The first-order chi connectivity index (χ1) is 8.93. The molecule has 0 spiro atoms. The minimum atomic E-state index is -0.00482. The fourth-order valence-corrected chi connectivity index (χ4v) is 2.57. The Bertz CT molecular complexity index is 445. The first-order valence-electron chi connectivity index (χ1n) is 6.96. The first kappa shape index (κ1) is 14.1. The number of benzene rings is 1. The zero-order valence-corrected chi connectivity index (χ0v) is 12.0. The second kappa shape index (κ2) is 5.33. The van der Waals surface area contributed by atoms with Crippen molar-refractivity contribution in [3.63, 3.8) is 0 Å². The lowest BCUT2D eigenvalue weighted by Gasteiger charge is -2.24. The number of carbonyl (C=O) groups excluding carboxylic acids is 1. The maximum Gasteiger partial charge on any atom is 0.254 e. The van der Waals surface area contributed by atoms with Gasteiger partial charge in [-0.05, 0) is 36.0 Å². The van der Waals surface area contributed by atoms with Crippen molar-refractivity contribution < 1.29 is 9.90 Å². The number of carbonyl (C=O) groups is 1. The number of hydrogen-bond donors (Lipinski definition) is 1. The standard InChI is InChI=1S/C16H23NO2/c1-16(2,3)13-8-6-12(7-9-13)15(19)17-10-4-5-14(17)11-18/h6-9,14,18H,4-5,10-11H2,1-3H3/t14-/m0/s1. The molecule has 1 aromatic carbocycles. The highest BCUT2D eigenvalue weighted by molar-refractivity contribution is 5.94. The Balaban J connectivity index is 2.16. The molecule has 0 aliphatic carbocycles. The Morgan fingerprint density at radius 2 is 1.95 bits per heavy atom. The summed E-state index contributed by atoms with van der Waals surface area (Å²) < 4.78 is 0. The smallest absolute Gasteiger partial charge is 0.254 e. The molecule has 0 aromatic heterocycles. The Labute approximate surface area is 115 Å². The van der Waals surface area contributed by atoms with E-state index in [1.54, 1.807) is 4.90 Å². The van der Waals surface area contributed by atoms with Crippen LogP contribution in [-0.2, 0) is 5.41 Å². The molecule has 0 bridgehead atoms. The van der Waals surface area contributed by atoms with Crippen LogP contribution >= 0.6 is 0 Å². The summed E-state index contributed by atoms with van der Waals surface area (Å²) in [4.78, 5) is 14.2. The molecule has 19 heavy (non-hydrogen) atoms. The Morgan fingerprint density at radius 1 is 1.32 bits per heavy atom. The van der Waals surface area contributed by atoms with E-state index >= 15 is 0 Å². The van der Waals surface area contributed by atoms with Crippen LogP contribution in [0.2, 0.25) is 0 Å². The van der Waals surface area contributed by atoms with Gasteiger partial charge in [0.15, 0.2) is 0 Å². The molecule has 3 heteroatoms. The molecule has 1 aliphatic rings. The molecule has 1 aromatic rings. The molecular weight excluding hydrogens is 238 g/mol. The van der Waals surface area contributed by atoms with Crippen molar-refractivity contribution in [2.75, 3.05) is 13.2 Å². The third-order valence-corrected chi connectivity index (χ3v) is 3.85. The fraction of sp³-hybridized carbons (Fsp3) is 0.562. The van der Waals surface area contributed by atoms with Gasteiger partial charge in [-0.3, -0.25) is 4.79 Å². The van der Waals surface area contributed by atoms with Crippen molar-refractivity contribution in [1.29, 1.82) is 0 Å². The molecule has 1 atom stereocenters. The molecule has 104 valence electrons. The van der Waals surface area contributed by atoms with Crippen LogP contribution in [0.25, 0.3) is 0 Å². The highest BCUT2D eigenvalue weighted by Gasteiger charge is 2.28. The highest BCUT2D eigenvalue weighted by Crippen LogP contribution is 2.24. The van der Waals surface area contributed by atoms with Gasteiger partial charge < -0.3 is 10.0 Å². The van der Waals surface area contributed by atoms with Crippen LogP contribution in [0.1, 0.15) is 49.5 Å². The van der Waals surface area contributed by atoms with Crippen molar-refractivity contribution in [2.24, 2.45) is 0 Å². The van der Waals surface area contributed by atoms with E-state index in [-0.39, 0.29) is 24.0 Å². The first-order valence-corrected chi connectivity index (χ1v) is 6.96. The number of aliphatic hydroxyl groups is 1.